The van der Waals surface area contributed by atoms with Crippen molar-refractivity contribution in [3.63, 3.8) is 0 Å². The van der Waals surface area contributed by atoms with E-state index in [4.69, 9.17) is 21.6 Å². The summed E-state index contributed by atoms with van der Waals surface area (Å²) in [6, 6.07) is 5.57. The van der Waals surface area contributed by atoms with E-state index in [-0.39, 0.29) is 0 Å². The number of methoxy groups -OCH3 is 1. The molecule has 0 saturated carbocycles. The number of terminal acetylenes is 1. The summed E-state index contributed by atoms with van der Waals surface area (Å²) in [6.45, 7) is 0.937. The molecule has 0 amide bonds. The number of hydrogen-bond acceptors (Lipinski definition) is 3. The molecule has 0 radical (unpaired) electrons. The first-order chi connectivity index (χ1) is 7.31. The molecular formula is C12H15NO2. The van der Waals surface area contributed by atoms with E-state index in [9.17, 15) is 0 Å². The van der Waals surface area contributed by atoms with Crippen molar-refractivity contribution < 1.29 is 9.47 Å². The van der Waals surface area contributed by atoms with Crippen LogP contribution in [0, 0.1) is 12.3 Å². The van der Waals surface area contributed by atoms with E-state index in [1.807, 2.05) is 18.2 Å². The summed E-state index contributed by atoms with van der Waals surface area (Å²) in [4.78, 5) is 0. The molecule has 15 heavy (non-hydrogen) atoms. The predicted octanol–water partition coefficient (Wildman–Crippen LogP) is 1.56. The number of ether oxygens (including phenoxy) is 2. The number of nitrogens with two attached hydrogens (primary N) is 1. The third-order valence-electron chi connectivity index (χ3n) is 2.00. The van der Waals surface area contributed by atoms with Gasteiger partial charge in [0.05, 0.1) is 13.7 Å². The molecule has 0 aromatic heterocycles. The molecule has 0 atom stereocenters. The van der Waals surface area contributed by atoms with Crippen LogP contribution < -0.4 is 15.2 Å². The van der Waals surface area contributed by atoms with Crippen LogP contribution in [0.4, 0.5) is 0 Å². The van der Waals surface area contributed by atoms with Crippen molar-refractivity contribution in [2.45, 2.75) is 13.0 Å². The zero-order chi connectivity index (χ0) is 11.1. The van der Waals surface area contributed by atoms with Crippen molar-refractivity contribution in [1.82, 2.24) is 0 Å². The summed E-state index contributed by atoms with van der Waals surface area (Å²) in [7, 11) is 1.61. The lowest BCUT2D eigenvalue weighted by atomic mass is 10.2. The molecule has 0 bridgehead atoms. The highest BCUT2D eigenvalue weighted by molar-refractivity contribution is 5.40. The van der Waals surface area contributed by atoms with Crippen LogP contribution in [-0.2, 0) is 6.54 Å². The van der Waals surface area contributed by atoms with Gasteiger partial charge in [-0.1, -0.05) is 6.07 Å². The highest BCUT2D eigenvalue weighted by Gasteiger charge is 2.03. The second kappa shape index (κ2) is 5.94. The second-order valence-corrected chi connectivity index (χ2v) is 2.98. The molecule has 80 valence electrons. The van der Waals surface area contributed by atoms with Gasteiger partial charge < -0.3 is 15.2 Å². The Morgan fingerprint density at radius 1 is 1.47 bits per heavy atom. The van der Waals surface area contributed by atoms with Gasteiger partial charge in [0, 0.05) is 24.6 Å². The summed E-state index contributed by atoms with van der Waals surface area (Å²) < 4.78 is 10.6. The minimum absolute atomic E-state index is 0.440. The van der Waals surface area contributed by atoms with Crippen LogP contribution in [0.5, 0.6) is 11.5 Å². The van der Waals surface area contributed by atoms with Gasteiger partial charge in [0.25, 0.3) is 0 Å². The fourth-order valence-electron chi connectivity index (χ4n) is 1.18. The molecule has 0 aliphatic heterocycles. The average molecular weight is 205 g/mol. The number of benzene rings is 1. The summed E-state index contributed by atoms with van der Waals surface area (Å²) >= 11 is 0. The molecule has 0 fully saturated rings. The van der Waals surface area contributed by atoms with Crippen LogP contribution >= 0.6 is 0 Å². The summed E-state index contributed by atoms with van der Waals surface area (Å²) in [5, 5.41) is 0. The molecule has 1 aromatic rings. The maximum atomic E-state index is 5.59. The molecule has 0 heterocycles. The van der Waals surface area contributed by atoms with Gasteiger partial charge in [-0.15, -0.1) is 12.3 Å². The fraction of sp³-hybridized carbons (Fsp3) is 0.333. The summed E-state index contributed by atoms with van der Waals surface area (Å²) in [5.74, 6) is 4.01. The molecule has 1 rings (SSSR count). The van der Waals surface area contributed by atoms with Crippen LogP contribution in [0.3, 0.4) is 0 Å². The van der Waals surface area contributed by atoms with Gasteiger partial charge in [-0.05, 0) is 6.07 Å². The Kier molecular flexibility index (Phi) is 4.52. The Bertz CT molecular complexity index is 355. The van der Waals surface area contributed by atoms with Gasteiger partial charge in [-0.25, -0.2) is 0 Å². The highest BCUT2D eigenvalue weighted by atomic mass is 16.5. The monoisotopic (exact) mass is 205 g/mol. The molecule has 1 aromatic carbocycles. The standard InChI is InChI=1S/C12H15NO2/c1-3-4-7-15-12-8-11(14-2)6-5-10(12)9-13/h1,5-6,8H,4,7,9,13H2,2H3. The molecule has 2 N–H and O–H groups in total. The molecular weight excluding hydrogens is 190 g/mol. The van der Waals surface area contributed by atoms with Crippen LogP contribution in [0.25, 0.3) is 0 Å². The smallest absolute Gasteiger partial charge is 0.127 e. The molecule has 0 saturated heterocycles. The summed E-state index contributed by atoms with van der Waals surface area (Å²) in [6.07, 6.45) is 5.72. The maximum Gasteiger partial charge on any atom is 0.127 e. The number of rotatable bonds is 5. The molecule has 0 aliphatic carbocycles. The van der Waals surface area contributed by atoms with Crippen molar-refractivity contribution in [1.29, 1.82) is 0 Å². The molecule has 3 nitrogen and oxygen atoms in total. The normalized spacial score (nSPS) is 9.40. The average Bonchev–Trinajstić information content (AvgIpc) is 2.29. The zero-order valence-electron chi connectivity index (χ0n) is 8.82. The Labute approximate surface area is 90.2 Å². The predicted molar refractivity (Wildman–Crippen MR) is 59.8 cm³/mol. The topological polar surface area (TPSA) is 44.5 Å². The Hall–Kier alpha value is -1.66. The number of hydrogen-bond donors (Lipinski definition) is 1. The second-order valence-electron chi connectivity index (χ2n) is 2.98. The largest absolute Gasteiger partial charge is 0.497 e. The highest BCUT2D eigenvalue weighted by Crippen LogP contribution is 2.24. The first-order valence-corrected chi connectivity index (χ1v) is 4.75. The van der Waals surface area contributed by atoms with Gasteiger partial charge >= 0.3 is 0 Å². The first kappa shape index (κ1) is 11.4. The van der Waals surface area contributed by atoms with E-state index >= 15 is 0 Å². The van der Waals surface area contributed by atoms with Gasteiger partial charge in [0.2, 0.25) is 0 Å². The van der Waals surface area contributed by atoms with Gasteiger partial charge in [0.15, 0.2) is 0 Å². The van der Waals surface area contributed by atoms with Gasteiger partial charge in [-0.2, -0.15) is 0 Å². The van der Waals surface area contributed by atoms with Crippen molar-refractivity contribution in [3.05, 3.63) is 23.8 Å². The van der Waals surface area contributed by atoms with Crippen LogP contribution in [0.15, 0.2) is 18.2 Å². The molecule has 3 heteroatoms. The fourth-order valence-corrected chi connectivity index (χ4v) is 1.18. The van der Waals surface area contributed by atoms with E-state index in [1.54, 1.807) is 7.11 Å². The first-order valence-electron chi connectivity index (χ1n) is 4.75. The van der Waals surface area contributed by atoms with Crippen LogP contribution in [0.1, 0.15) is 12.0 Å². The molecule has 0 spiro atoms. The summed E-state index contributed by atoms with van der Waals surface area (Å²) in [5.41, 5.74) is 6.54. The quantitative estimate of drug-likeness (QED) is 0.586. The third-order valence-corrected chi connectivity index (χ3v) is 2.00. The lowest BCUT2D eigenvalue weighted by Crippen LogP contribution is -2.03. The van der Waals surface area contributed by atoms with E-state index in [0.29, 0.717) is 19.6 Å². The van der Waals surface area contributed by atoms with E-state index < -0.39 is 0 Å². The van der Waals surface area contributed by atoms with Crippen molar-refractivity contribution in [3.8, 4) is 23.8 Å². The molecule has 0 unspecified atom stereocenters. The zero-order valence-corrected chi connectivity index (χ0v) is 8.82. The molecule has 0 aliphatic rings. The lowest BCUT2D eigenvalue weighted by Gasteiger charge is -2.10. The van der Waals surface area contributed by atoms with E-state index in [1.165, 1.54) is 0 Å². The van der Waals surface area contributed by atoms with Crippen molar-refractivity contribution >= 4 is 0 Å². The lowest BCUT2D eigenvalue weighted by molar-refractivity contribution is 0.320. The van der Waals surface area contributed by atoms with Crippen LogP contribution in [0.2, 0.25) is 0 Å². The van der Waals surface area contributed by atoms with Gasteiger partial charge in [0.1, 0.15) is 11.5 Å². The third kappa shape index (κ3) is 3.19. The minimum atomic E-state index is 0.440. The Morgan fingerprint density at radius 2 is 2.27 bits per heavy atom. The van der Waals surface area contributed by atoms with Crippen LogP contribution in [-0.4, -0.2) is 13.7 Å². The Morgan fingerprint density at radius 3 is 2.87 bits per heavy atom. The Balaban J connectivity index is 2.77. The van der Waals surface area contributed by atoms with E-state index in [0.717, 1.165) is 17.1 Å². The minimum Gasteiger partial charge on any atom is -0.497 e. The maximum absolute atomic E-state index is 5.59. The van der Waals surface area contributed by atoms with E-state index in [2.05, 4.69) is 5.92 Å². The SMILES string of the molecule is C#CCCOc1cc(OC)ccc1CN. The van der Waals surface area contributed by atoms with Crippen molar-refractivity contribution in [2.24, 2.45) is 5.73 Å². The van der Waals surface area contributed by atoms with Crippen molar-refractivity contribution in [2.75, 3.05) is 13.7 Å². The van der Waals surface area contributed by atoms with Gasteiger partial charge in [-0.3, -0.25) is 0 Å².